The van der Waals surface area contributed by atoms with Crippen LogP contribution >= 0.6 is 23.4 Å². The largest absolute Gasteiger partial charge is 0.299 e. The topological polar surface area (TPSA) is 20.3 Å². The second-order valence-corrected chi connectivity index (χ2v) is 5.29. The van der Waals surface area contributed by atoms with Crippen molar-refractivity contribution in [2.45, 2.75) is 10.9 Å². The lowest BCUT2D eigenvalue weighted by Crippen LogP contribution is -2.40. The Bertz CT molecular complexity index is 406. The molecule has 1 aliphatic rings. The van der Waals surface area contributed by atoms with E-state index < -0.39 is 0 Å². The molecule has 4 heteroatoms. The molecule has 0 saturated heterocycles. The van der Waals surface area contributed by atoms with Crippen molar-refractivity contribution >= 4 is 29.1 Å². The normalized spacial score (nSPS) is 20.5. The van der Waals surface area contributed by atoms with Gasteiger partial charge in [-0.25, -0.2) is 0 Å². The molecule has 0 fully saturated rings. The summed E-state index contributed by atoms with van der Waals surface area (Å²) in [6, 6.07) is 5.49. The summed E-state index contributed by atoms with van der Waals surface area (Å²) in [5, 5.41) is 0.627. The molecule has 0 amide bonds. The fourth-order valence-electron chi connectivity index (χ4n) is 1.63. The summed E-state index contributed by atoms with van der Waals surface area (Å²) in [4.78, 5) is 15.1. The molecule has 80 valence electrons. The highest BCUT2D eigenvalue weighted by atomic mass is 35.5. The first-order valence-electron chi connectivity index (χ1n) is 4.72. The number of carbonyl (C=O) groups excluding carboxylic acids is 1. The van der Waals surface area contributed by atoms with Gasteiger partial charge in [-0.15, -0.1) is 11.8 Å². The zero-order chi connectivity index (χ0) is 11.0. The van der Waals surface area contributed by atoms with Crippen LogP contribution in [0, 0.1) is 0 Å². The van der Waals surface area contributed by atoms with E-state index in [4.69, 9.17) is 11.6 Å². The summed E-state index contributed by atoms with van der Waals surface area (Å²) in [6.07, 6.45) is 0. The average molecular weight is 242 g/mol. The lowest BCUT2D eigenvalue weighted by Gasteiger charge is -2.27. The van der Waals surface area contributed by atoms with Gasteiger partial charge < -0.3 is 0 Å². The monoisotopic (exact) mass is 241 g/mol. The third-order valence-corrected chi connectivity index (χ3v) is 3.91. The molecule has 1 aromatic rings. The van der Waals surface area contributed by atoms with Crippen LogP contribution < -0.4 is 0 Å². The van der Waals surface area contributed by atoms with Crippen LogP contribution in [0.15, 0.2) is 23.1 Å². The maximum Gasteiger partial charge on any atom is 0.181 e. The van der Waals surface area contributed by atoms with Gasteiger partial charge in [-0.1, -0.05) is 11.6 Å². The average Bonchev–Trinajstić information content (AvgIpc) is 2.19. The SMILES string of the molecule is CN(C)C1CSc2ccc(Cl)cc2C1=O. The lowest BCUT2D eigenvalue weighted by molar-refractivity contribution is 0.0888. The first-order valence-corrected chi connectivity index (χ1v) is 6.09. The van der Waals surface area contributed by atoms with Crippen LogP contribution in [0.4, 0.5) is 0 Å². The molecule has 0 bridgehead atoms. The van der Waals surface area contributed by atoms with Crippen molar-refractivity contribution in [3.8, 4) is 0 Å². The molecule has 0 N–H and O–H groups in total. The number of ketones is 1. The van der Waals surface area contributed by atoms with Crippen LogP contribution in [0.25, 0.3) is 0 Å². The number of rotatable bonds is 1. The predicted octanol–water partition coefficient (Wildman–Crippen LogP) is 2.56. The Kier molecular flexibility index (Phi) is 3.05. The van der Waals surface area contributed by atoms with E-state index in [1.54, 1.807) is 17.8 Å². The Balaban J connectivity index is 2.40. The Morgan fingerprint density at radius 3 is 2.87 bits per heavy atom. The van der Waals surface area contributed by atoms with Crippen LogP contribution in [0.2, 0.25) is 5.02 Å². The van der Waals surface area contributed by atoms with Gasteiger partial charge in [0.2, 0.25) is 0 Å². The van der Waals surface area contributed by atoms with Crippen LogP contribution in [0.1, 0.15) is 10.4 Å². The molecule has 0 aliphatic carbocycles. The lowest BCUT2D eigenvalue weighted by atomic mass is 10.0. The van der Waals surface area contributed by atoms with Crippen molar-refractivity contribution in [1.82, 2.24) is 4.90 Å². The van der Waals surface area contributed by atoms with E-state index in [0.717, 1.165) is 16.2 Å². The zero-order valence-electron chi connectivity index (χ0n) is 8.66. The highest BCUT2D eigenvalue weighted by molar-refractivity contribution is 7.99. The van der Waals surface area contributed by atoms with Crippen molar-refractivity contribution in [3.63, 3.8) is 0 Å². The van der Waals surface area contributed by atoms with Crippen molar-refractivity contribution in [1.29, 1.82) is 0 Å². The predicted molar refractivity (Wildman–Crippen MR) is 64.0 cm³/mol. The second-order valence-electron chi connectivity index (χ2n) is 3.80. The molecular weight excluding hydrogens is 230 g/mol. The van der Waals surface area contributed by atoms with Gasteiger partial charge in [0, 0.05) is 21.2 Å². The Morgan fingerprint density at radius 2 is 2.20 bits per heavy atom. The second kappa shape index (κ2) is 4.16. The van der Waals surface area contributed by atoms with Crippen molar-refractivity contribution in [2.75, 3.05) is 19.8 Å². The molecule has 2 nitrogen and oxygen atoms in total. The number of thioether (sulfide) groups is 1. The summed E-state index contributed by atoms with van der Waals surface area (Å²) in [5.41, 5.74) is 0.762. The summed E-state index contributed by atoms with van der Waals surface area (Å²) in [6.45, 7) is 0. The van der Waals surface area contributed by atoms with Crippen molar-refractivity contribution in [2.24, 2.45) is 0 Å². The van der Waals surface area contributed by atoms with Crippen molar-refractivity contribution < 1.29 is 4.79 Å². The standard InChI is InChI=1S/C11H12ClNOS/c1-13(2)9-6-15-10-4-3-7(12)5-8(10)11(9)14/h3-5,9H,6H2,1-2H3. The van der Waals surface area contributed by atoms with Crippen LogP contribution in [0.3, 0.4) is 0 Å². The molecule has 0 radical (unpaired) electrons. The maximum absolute atomic E-state index is 12.1. The van der Waals surface area contributed by atoms with E-state index in [0.29, 0.717) is 5.02 Å². The van der Waals surface area contributed by atoms with E-state index >= 15 is 0 Å². The minimum Gasteiger partial charge on any atom is -0.299 e. The molecule has 1 unspecified atom stereocenters. The fraction of sp³-hybridized carbons (Fsp3) is 0.364. The molecule has 0 saturated carbocycles. The number of fused-ring (bicyclic) bond motifs is 1. The van der Waals surface area contributed by atoms with E-state index in [1.807, 2.05) is 31.1 Å². The summed E-state index contributed by atoms with van der Waals surface area (Å²) < 4.78 is 0. The van der Waals surface area contributed by atoms with Gasteiger partial charge in [0.15, 0.2) is 5.78 Å². The molecule has 0 spiro atoms. The van der Waals surface area contributed by atoms with Gasteiger partial charge >= 0.3 is 0 Å². The van der Waals surface area contributed by atoms with Gasteiger partial charge in [0.05, 0.1) is 6.04 Å². The van der Waals surface area contributed by atoms with Crippen LogP contribution in [-0.2, 0) is 0 Å². The summed E-state index contributed by atoms with van der Waals surface area (Å²) in [5.74, 6) is 0.997. The number of Topliss-reactive ketones (excluding diaryl/α,β-unsaturated/α-hetero) is 1. The molecule has 0 aromatic heterocycles. The van der Waals surface area contributed by atoms with Crippen LogP contribution in [-0.4, -0.2) is 36.6 Å². The highest BCUT2D eigenvalue weighted by Crippen LogP contribution is 2.32. The molecule has 1 heterocycles. The Hall–Kier alpha value is -0.510. The molecule has 2 rings (SSSR count). The van der Waals surface area contributed by atoms with E-state index in [2.05, 4.69) is 0 Å². The number of hydrogen-bond donors (Lipinski definition) is 0. The minimum absolute atomic E-state index is 0.0269. The van der Waals surface area contributed by atoms with Crippen LogP contribution in [0.5, 0.6) is 0 Å². The summed E-state index contributed by atoms with van der Waals surface area (Å²) in [7, 11) is 3.86. The number of benzene rings is 1. The third kappa shape index (κ3) is 2.05. The number of halogens is 1. The highest BCUT2D eigenvalue weighted by Gasteiger charge is 2.29. The Morgan fingerprint density at radius 1 is 1.47 bits per heavy atom. The fourth-order valence-corrected chi connectivity index (χ4v) is 3.07. The van der Waals surface area contributed by atoms with Gasteiger partial charge in [-0.3, -0.25) is 9.69 Å². The van der Waals surface area contributed by atoms with Gasteiger partial charge in [0.1, 0.15) is 0 Å². The van der Waals surface area contributed by atoms with E-state index in [1.165, 1.54) is 0 Å². The molecule has 1 atom stereocenters. The number of nitrogens with zero attached hydrogens (tertiary/aromatic N) is 1. The molecule has 1 aromatic carbocycles. The van der Waals surface area contributed by atoms with Gasteiger partial charge in [-0.05, 0) is 32.3 Å². The van der Waals surface area contributed by atoms with Gasteiger partial charge in [-0.2, -0.15) is 0 Å². The zero-order valence-corrected chi connectivity index (χ0v) is 10.2. The molecular formula is C11H12ClNOS. The van der Waals surface area contributed by atoms with E-state index in [-0.39, 0.29) is 11.8 Å². The number of carbonyl (C=O) groups is 1. The van der Waals surface area contributed by atoms with Gasteiger partial charge in [0.25, 0.3) is 0 Å². The number of hydrogen-bond acceptors (Lipinski definition) is 3. The quantitative estimate of drug-likeness (QED) is 0.754. The maximum atomic E-state index is 12.1. The molecule has 15 heavy (non-hydrogen) atoms. The van der Waals surface area contributed by atoms with E-state index in [9.17, 15) is 4.79 Å². The summed E-state index contributed by atoms with van der Waals surface area (Å²) >= 11 is 7.61. The first kappa shape index (κ1) is 11.0. The first-order chi connectivity index (χ1) is 7.09. The third-order valence-electron chi connectivity index (χ3n) is 2.53. The number of likely N-dealkylation sites (N-methyl/N-ethyl adjacent to an activating group) is 1. The molecule has 1 aliphatic heterocycles. The minimum atomic E-state index is -0.0269. The smallest absolute Gasteiger partial charge is 0.181 e. The Labute approximate surface area is 98.6 Å². The van der Waals surface area contributed by atoms with Crippen molar-refractivity contribution in [3.05, 3.63) is 28.8 Å².